The van der Waals surface area contributed by atoms with Gasteiger partial charge < -0.3 is 15.5 Å². The summed E-state index contributed by atoms with van der Waals surface area (Å²) in [5, 5.41) is 8.90. The van der Waals surface area contributed by atoms with E-state index in [1.807, 2.05) is 48.5 Å². The number of hydrogen-bond donors (Lipinski definition) is 3. The van der Waals surface area contributed by atoms with Crippen molar-refractivity contribution in [1.29, 1.82) is 0 Å². The monoisotopic (exact) mass is 491 g/mol. The largest absolute Gasteiger partial charge is 0.460 e. The molecule has 0 amide bonds. The molecule has 0 radical (unpaired) electrons. The number of aromatic amines is 2. The van der Waals surface area contributed by atoms with Crippen LogP contribution in [-0.2, 0) is 16.1 Å². The maximum Gasteiger partial charge on any atom is 0.320 e. The molecule has 5 aromatic rings. The zero-order chi connectivity index (χ0) is 25.2. The Morgan fingerprint density at radius 3 is 2.57 bits per heavy atom. The van der Waals surface area contributed by atoms with E-state index in [0.717, 1.165) is 69.7 Å². The van der Waals surface area contributed by atoms with Crippen LogP contribution in [0.2, 0.25) is 0 Å². The molecule has 0 bridgehead atoms. The van der Waals surface area contributed by atoms with Crippen LogP contribution in [0, 0.1) is 0 Å². The van der Waals surface area contributed by atoms with E-state index in [1.54, 1.807) is 0 Å². The molecule has 0 saturated carbocycles. The van der Waals surface area contributed by atoms with Crippen LogP contribution >= 0.6 is 0 Å². The zero-order valence-electron chi connectivity index (χ0n) is 20.5. The number of esters is 1. The number of carbonyl (C=O) groups is 1. The summed E-state index contributed by atoms with van der Waals surface area (Å²) in [6, 6.07) is 28.4. The smallest absolute Gasteiger partial charge is 0.320 e. The fourth-order valence-electron chi connectivity index (χ4n) is 5.09. The molecular formula is C30H29N5O2. The van der Waals surface area contributed by atoms with Gasteiger partial charge in [0.2, 0.25) is 0 Å². The van der Waals surface area contributed by atoms with Crippen molar-refractivity contribution in [3.05, 3.63) is 96.2 Å². The van der Waals surface area contributed by atoms with Crippen molar-refractivity contribution in [1.82, 2.24) is 20.1 Å². The molecular weight excluding hydrogens is 462 g/mol. The van der Waals surface area contributed by atoms with Gasteiger partial charge in [-0.3, -0.25) is 14.8 Å². The molecule has 7 nitrogen and oxygen atoms in total. The molecule has 2 aromatic heterocycles. The van der Waals surface area contributed by atoms with Gasteiger partial charge in [0.1, 0.15) is 6.61 Å². The lowest BCUT2D eigenvalue weighted by molar-refractivity contribution is -0.146. The summed E-state index contributed by atoms with van der Waals surface area (Å²) < 4.78 is 5.50. The van der Waals surface area contributed by atoms with Crippen molar-refractivity contribution in [3.8, 4) is 22.5 Å². The Morgan fingerprint density at radius 1 is 0.973 bits per heavy atom. The van der Waals surface area contributed by atoms with Crippen LogP contribution in [0.5, 0.6) is 0 Å². The predicted octanol–water partition coefficient (Wildman–Crippen LogP) is 5.69. The first kappa shape index (κ1) is 23.1. The highest BCUT2D eigenvalue weighted by Crippen LogP contribution is 2.33. The first-order valence-corrected chi connectivity index (χ1v) is 12.6. The third kappa shape index (κ3) is 4.99. The highest BCUT2D eigenvalue weighted by molar-refractivity contribution is 5.88. The van der Waals surface area contributed by atoms with E-state index in [-0.39, 0.29) is 18.6 Å². The summed E-state index contributed by atoms with van der Waals surface area (Å²) in [7, 11) is 0. The molecule has 1 atom stereocenters. The summed E-state index contributed by atoms with van der Waals surface area (Å²) in [5.74, 6) is -0.207. The molecule has 1 saturated heterocycles. The molecule has 0 unspecified atom stereocenters. The molecule has 7 heteroatoms. The lowest BCUT2D eigenvalue weighted by Gasteiger charge is -2.21. The third-order valence-electron chi connectivity index (χ3n) is 7.03. The summed E-state index contributed by atoms with van der Waals surface area (Å²) in [6.07, 6.45) is 2.00. The second-order valence-electron chi connectivity index (χ2n) is 9.59. The second-order valence-corrected chi connectivity index (χ2v) is 9.59. The molecule has 3 heterocycles. The number of fused-ring (bicyclic) bond motifs is 1. The quantitative estimate of drug-likeness (QED) is 0.201. The minimum absolute atomic E-state index is 0.104. The van der Waals surface area contributed by atoms with Crippen molar-refractivity contribution in [2.24, 2.45) is 0 Å². The average Bonchev–Trinajstić information content (AvgIpc) is 3.67. The second kappa shape index (κ2) is 9.95. The number of anilines is 1. The normalized spacial score (nSPS) is 15.8. The summed E-state index contributed by atoms with van der Waals surface area (Å²) in [5.41, 5.74) is 13.9. The number of nitrogens with one attached hydrogen (secondary N) is 2. The Hall–Kier alpha value is -4.36. The molecule has 3 aromatic carbocycles. The first-order chi connectivity index (χ1) is 18.1. The van der Waals surface area contributed by atoms with Crippen LogP contribution in [0.1, 0.15) is 30.1 Å². The first-order valence-electron chi connectivity index (χ1n) is 12.6. The van der Waals surface area contributed by atoms with E-state index in [1.165, 1.54) is 0 Å². The Labute approximate surface area is 215 Å². The highest BCUT2D eigenvalue weighted by Gasteiger charge is 2.30. The molecule has 0 aliphatic carbocycles. The number of ether oxygens (including phenoxy) is 1. The van der Waals surface area contributed by atoms with E-state index in [2.05, 4.69) is 56.5 Å². The minimum atomic E-state index is -0.207. The number of likely N-dealkylation sites (tertiary alicyclic amines) is 1. The van der Waals surface area contributed by atoms with Crippen LogP contribution in [0.25, 0.3) is 33.4 Å². The number of nitrogens with zero attached hydrogens (tertiary/aromatic N) is 2. The van der Waals surface area contributed by atoms with Gasteiger partial charge in [-0.05, 0) is 66.4 Å². The predicted molar refractivity (Wildman–Crippen MR) is 146 cm³/mol. The Balaban J connectivity index is 1.12. The number of rotatable bonds is 7. The van der Waals surface area contributed by atoms with Gasteiger partial charge in [0.25, 0.3) is 0 Å². The minimum Gasteiger partial charge on any atom is -0.460 e. The van der Waals surface area contributed by atoms with E-state index in [4.69, 9.17) is 10.5 Å². The molecule has 4 N–H and O–H groups in total. The van der Waals surface area contributed by atoms with Gasteiger partial charge in [0.05, 0.1) is 24.0 Å². The molecule has 186 valence electrons. The Morgan fingerprint density at radius 2 is 1.76 bits per heavy atom. The summed E-state index contributed by atoms with van der Waals surface area (Å²) in [4.78, 5) is 18.1. The topological polar surface area (TPSA) is 100 Å². The highest BCUT2D eigenvalue weighted by atomic mass is 16.5. The van der Waals surface area contributed by atoms with Crippen molar-refractivity contribution >= 4 is 22.6 Å². The fourth-order valence-corrected chi connectivity index (χ4v) is 5.09. The maximum absolute atomic E-state index is 12.5. The lowest BCUT2D eigenvalue weighted by atomic mass is 10.1. The van der Waals surface area contributed by atoms with Crippen LogP contribution in [0.3, 0.4) is 0 Å². The van der Waals surface area contributed by atoms with E-state index in [0.29, 0.717) is 6.61 Å². The van der Waals surface area contributed by atoms with Gasteiger partial charge in [-0.1, -0.05) is 54.6 Å². The number of carbonyl (C=O) groups excluding carboxylic acids is 1. The van der Waals surface area contributed by atoms with Gasteiger partial charge in [-0.25, -0.2) is 0 Å². The van der Waals surface area contributed by atoms with Crippen LogP contribution in [0.15, 0.2) is 84.9 Å². The van der Waals surface area contributed by atoms with Crippen molar-refractivity contribution in [2.75, 3.05) is 18.8 Å². The van der Waals surface area contributed by atoms with Crippen LogP contribution < -0.4 is 5.73 Å². The van der Waals surface area contributed by atoms with Gasteiger partial charge >= 0.3 is 5.97 Å². The molecule has 0 spiro atoms. The van der Waals surface area contributed by atoms with Gasteiger partial charge in [0, 0.05) is 22.3 Å². The lowest BCUT2D eigenvalue weighted by Crippen LogP contribution is -2.30. The molecule has 37 heavy (non-hydrogen) atoms. The molecule has 1 aliphatic heterocycles. The van der Waals surface area contributed by atoms with Gasteiger partial charge in [0.15, 0.2) is 0 Å². The summed E-state index contributed by atoms with van der Waals surface area (Å²) >= 11 is 0. The maximum atomic E-state index is 12.5. The summed E-state index contributed by atoms with van der Waals surface area (Å²) in [6.45, 7) is 1.43. The van der Waals surface area contributed by atoms with E-state index < -0.39 is 0 Å². The van der Waals surface area contributed by atoms with Crippen LogP contribution in [0.4, 0.5) is 5.69 Å². The standard InChI is InChI=1S/C30H29N5O2/c31-24-12-13-25-23(15-24)16-26(32-25)21-8-10-22(11-9-21)27-17-28(34-33-27)29-7-4-14-35(29)18-30(36)37-19-20-5-2-1-3-6-20/h1-3,5-6,8-13,15-17,29,32H,4,7,14,18-19,31H2,(H,33,34)/t29-/m0/s1. The number of H-pyrrole nitrogens is 2. The zero-order valence-corrected chi connectivity index (χ0v) is 20.5. The average molecular weight is 492 g/mol. The van der Waals surface area contributed by atoms with E-state index >= 15 is 0 Å². The molecule has 1 aliphatic rings. The Kier molecular flexibility index (Phi) is 6.20. The molecule has 1 fully saturated rings. The number of nitrogen functional groups attached to an aromatic ring is 1. The number of benzene rings is 3. The number of hydrogen-bond acceptors (Lipinski definition) is 5. The van der Waals surface area contributed by atoms with Crippen molar-refractivity contribution < 1.29 is 9.53 Å². The number of nitrogens with two attached hydrogens (primary N) is 1. The van der Waals surface area contributed by atoms with E-state index in [9.17, 15) is 4.79 Å². The van der Waals surface area contributed by atoms with Gasteiger partial charge in [-0.15, -0.1) is 0 Å². The SMILES string of the molecule is Nc1ccc2[nH]c(-c3ccc(-c4cc([C@@H]5CCCN5CC(=O)OCc5ccccc5)n[nH]4)cc3)cc2c1. The van der Waals surface area contributed by atoms with Crippen molar-refractivity contribution in [3.63, 3.8) is 0 Å². The van der Waals surface area contributed by atoms with Crippen LogP contribution in [-0.4, -0.2) is 39.1 Å². The number of aromatic nitrogens is 3. The third-order valence-corrected chi connectivity index (χ3v) is 7.03. The molecule has 6 rings (SSSR count). The fraction of sp³-hybridized carbons (Fsp3) is 0.200. The van der Waals surface area contributed by atoms with Crippen molar-refractivity contribution in [2.45, 2.75) is 25.5 Å². The Bertz CT molecular complexity index is 1520. The van der Waals surface area contributed by atoms with Gasteiger partial charge in [-0.2, -0.15) is 5.10 Å².